The van der Waals surface area contributed by atoms with Gasteiger partial charge >= 0.3 is 6.03 Å². The summed E-state index contributed by atoms with van der Waals surface area (Å²) in [5.41, 5.74) is -0.818. The topological polar surface area (TPSA) is 79.8 Å². The molecule has 2 amide bonds. The number of carbonyl (C=O) groups excluding carboxylic acids is 1. The van der Waals surface area contributed by atoms with Crippen molar-refractivity contribution in [2.24, 2.45) is 0 Å². The highest BCUT2D eigenvalue weighted by Gasteiger charge is 2.30. The largest absolute Gasteiger partial charge is 0.388 e. The van der Waals surface area contributed by atoms with Gasteiger partial charge in [0.15, 0.2) is 0 Å². The highest BCUT2D eigenvalue weighted by atomic mass is 16.5. The molecule has 2 aliphatic heterocycles. The average molecular weight is 244 g/mol. The zero-order valence-corrected chi connectivity index (χ0v) is 9.91. The highest BCUT2D eigenvalue weighted by molar-refractivity contribution is 5.74. The molecule has 6 nitrogen and oxygen atoms in total. The second-order valence-electron chi connectivity index (χ2n) is 4.72. The summed E-state index contributed by atoms with van der Waals surface area (Å²) in [7, 11) is 0. The number of urea groups is 1. The molecule has 0 saturated carbocycles. The summed E-state index contributed by atoms with van der Waals surface area (Å²) >= 11 is 0. The molecule has 1 unspecified atom stereocenters. The van der Waals surface area contributed by atoms with Crippen LogP contribution < -0.4 is 10.6 Å². The predicted molar refractivity (Wildman–Crippen MR) is 60.8 cm³/mol. The highest BCUT2D eigenvalue weighted by Crippen LogP contribution is 2.19. The van der Waals surface area contributed by atoms with Gasteiger partial charge in [-0.3, -0.25) is 0 Å². The van der Waals surface area contributed by atoms with Crippen molar-refractivity contribution in [3.05, 3.63) is 0 Å². The van der Waals surface area contributed by atoms with E-state index in [9.17, 15) is 9.90 Å². The van der Waals surface area contributed by atoms with Crippen LogP contribution in [0.1, 0.15) is 19.3 Å². The Morgan fingerprint density at radius 2 is 2.06 bits per heavy atom. The molecule has 2 saturated heterocycles. The van der Waals surface area contributed by atoms with Crippen LogP contribution in [0.3, 0.4) is 0 Å². The van der Waals surface area contributed by atoms with Gasteiger partial charge in [-0.15, -0.1) is 0 Å². The lowest BCUT2D eigenvalue weighted by atomic mass is 9.94. The van der Waals surface area contributed by atoms with E-state index in [0.717, 1.165) is 6.42 Å². The molecule has 0 aromatic rings. The molecule has 2 fully saturated rings. The van der Waals surface area contributed by atoms with Crippen LogP contribution in [-0.2, 0) is 9.47 Å². The van der Waals surface area contributed by atoms with Gasteiger partial charge in [0.25, 0.3) is 0 Å². The minimum absolute atomic E-state index is 0.0966. The molecule has 0 aromatic carbocycles. The fourth-order valence-corrected chi connectivity index (χ4v) is 2.06. The van der Waals surface area contributed by atoms with Crippen LogP contribution in [0.5, 0.6) is 0 Å². The zero-order valence-electron chi connectivity index (χ0n) is 9.91. The second kappa shape index (κ2) is 5.66. The molecule has 0 spiro atoms. The number of amides is 2. The molecule has 17 heavy (non-hydrogen) atoms. The van der Waals surface area contributed by atoms with E-state index < -0.39 is 5.60 Å². The molecule has 98 valence electrons. The Balaban J connectivity index is 1.67. The van der Waals surface area contributed by atoms with Crippen LogP contribution in [0, 0.1) is 0 Å². The molecule has 0 bridgehead atoms. The summed E-state index contributed by atoms with van der Waals surface area (Å²) < 4.78 is 10.3. The minimum atomic E-state index is -0.818. The lowest BCUT2D eigenvalue weighted by molar-refractivity contribution is -0.0600. The van der Waals surface area contributed by atoms with Crippen molar-refractivity contribution in [3.8, 4) is 0 Å². The van der Waals surface area contributed by atoms with E-state index in [1.54, 1.807) is 0 Å². The third-order valence-electron chi connectivity index (χ3n) is 3.27. The van der Waals surface area contributed by atoms with Gasteiger partial charge in [-0.05, 0) is 6.42 Å². The summed E-state index contributed by atoms with van der Waals surface area (Å²) in [5.74, 6) is 0. The van der Waals surface area contributed by atoms with Gasteiger partial charge in [0.1, 0.15) is 0 Å². The molecule has 0 radical (unpaired) electrons. The van der Waals surface area contributed by atoms with Gasteiger partial charge in [0, 0.05) is 39.2 Å². The molecule has 0 aliphatic carbocycles. The van der Waals surface area contributed by atoms with Crippen LogP contribution in [0.4, 0.5) is 4.79 Å². The molecule has 6 heteroatoms. The van der Waals surface area contributed by atoms with Crippen molar-refractivity contribution >= 4 is 6.03 Å². The maximum atomic E-state index is 11.6. The standard InChI is InChI=1S/C11H20N2O4/c14-10(13-9-1-4-17-7-9)12-8-11(15)2-5-16-6-3-11/h9,15H,1-8H2,(H2,12,13,14). The molecule has 2 heterocycles. The fraction of sp³-hybridized carbons (Fsp3) is 0.909. The lowest BCUT2D eigenvalue weighted by Gasteiger charge is -2.32. The van der Waals surface area contributed by atoms with Crippen molar-refractivity contribution < 1.29 is 19.4 Å². The molecular formula is C11H20N2O4. The fourth-order valence-electron chi connectivity index (χ4n) is 2.06. The number of nitrogens with one attached hydrogen (secondary N) is 2. The van der Waals surface area contributed by atoms with Crippen LogP contribution in [0.25, 0.3) is 0 Å². The first-order valence-electron chi connectivity index (χ1n) is 6.10. The summed E-state index contributed by atoms with van der Waals surface area (Å²) in [5, 5.41) is 15.7. The van der Waals surface area contributed by atoms with Gasteiger partial charge in [-0.2, -0.15) is 0 Å². The Labute approximate surface area is 101 Å². The Morgan fingerprint density at radius 1 is 1.29 bits per heavy atom. The maximum Gasteiger partial charge on any atom is 0.315 e. The Bertz CT molecular complexity index is 260. The Hall–Kier alpha value is -0.850. The molecule has 2 rings (SSSR count). The first-order valence-corrected chi connectivity index (χ1v) is 6.10. The minimum Gasteiger partial charge on any atom is -0.388 e. The van der Waals surface area contributed by atoms with Crippen molar-refractivity contribution in [3.63, 3.8) is 0 Å². The SMILES string of the molecule is O=C(NCC1(O)CCOCC1)NC1CCOC1. The summed E-state index contributed by atoms with van der Waals surface area (Å²) in [4.78, 5) is 11.6. The number of rotatable bonds is 3. The van der Waals surface area contributed by atoms with Gasteiger partial charge in [0.05, 0.1) is 18.2 Å². The van der Waals surface area contributed by atoms with E-state index in [1.165, 1.54) is 0 Å². The second-order valence-corrected chi connectivity index (χ2v) is 4.72. The molecular weight excluding hydrogens is 224 g/mol. The van der Waals surface area contributed by atoms with Crippen LogP contribution >= 0.6 is 0 Å². The van der Waals surface area contributed by atoms with E-state index in [1.807, 2.05) is 0 Å². The zero-order chi connectivity index (χ0) is 12.1. The van der Waals surface area contributed by atoms with Crippen molar-refractivity contribution in [1.82, 2.24) is 10.6 Å². The first kappa shape index (κ1) is 12.6. The third-order valence-corrected chi connectivity index (χ3v) is 3.27. The molecule has 2 aliphatic rings. The van der Waals surface area contributed by atoms with E-state index in [2.05, 4.69) is 10.6 Å². The lowest BCUT2D eigenvalue weighted by Crippen LogP contribution is -2.50. The van der Waals surface area contributed by atoms with Crippen molar-refractivity contribution in [1.29, 1.82) is 0 Å². The van der Waals surface area contributed by atoms with E-state index in [4.69, 9.17) is 9.47 Å². The smallest absolute Gasteiger partial charge is 0.315 e. The van der Waals surface area contributed by atoms with E-state index >= 15 is 0 Å². The number of hydrogen-bond acceptors (Lipinski definition) is 4. The molecule has 0 aromatic heterocycles. The maximum absolute atomic E-state index is 11.6. The number of ether oxygens (including phenoxy) is 2. The average Bonchev–Trinajstić information content (AvgIpc) is 2.80. The monoisotopic (exact) mass is 244 g/mol. The third kappa shape index (κ3) is 3.83. The number of aliphatic hydroxyl groups is 1. The van der Waals surface area contributed by atoms with Crippen LogP contribution in [0.2, 0.25) is 0 Å². The van der Waals surface area contributed by atoms with Gasteiger partial charge < -0.3 is 25.2 Å². The van der Waals surface area contributed by atoms with Gasteiger partial charge in [0.2, 0.25) is 0 Å². The molecule has 3 N–H and O–H groups in total. The first-order chi connectivity index (χ1) is 8.18. The van der Waals surface area contributed by atoms with Crippen molar-refractivity contribution in [2.45, 2.75) is 30.9 Å². The van der Waals surface area contributed by atoms with Crippen molar-refractivity contribution in [2.75, 3.05) is 33.0 Å². The summed E-state index contributed by atoms with van der Waals surface area (Å²) in [6.45, 7) is 2.65. The normalized spacial score (nSPS) is 27.7. The van der Waals surface area contributed by atoms with E-state index in [0.29, 0.717) is 39.3 Å². The molecule has 1 atom stereocenters. The summed E-state index contributed by atoms with van der Waals surface area (Å²) in [6, 6.07) is -0.139. The van der Waals surface area contributed by atoms with E-state index in [-0.39, 0.29) is 18.6 Å². The van der Waals surface area contributed by atoms with Crippen LogP contribution in [-0.4, -0.2) is 55.8 Å². The number of carbonyl (C=O) groups is 1. The summed E-state index contributed by atoms with van der Waals surface area (Å²) in [6.07, 6.45) is 1.99. The van der Waals surface area contributed by atoms with Crippen LogP contribution in [0.15, 0.2) is 0 Å². The predicted octanol–water partition coefficient (Wildman–Crippen LogP) is -0.384. The Kier molecular flexibility index (Phi) is 4.20. The Morgan fingerprint density at radius 3 is 2.71 bits per heavy atom. The van der Waals surface area contributed by atoms with Gasteiger partial charge in [-0.1, -0.05) is 0 Å². The number of hydrogen-bond donors (Lipinski definition) is 3. The quantitative estimate of drug-likeness (QED) is 0.632. The van der Waals surface area contributed by atoms with Gasteiger partial charge in [-0.25, -0.2) is 4.79 Å².